The van der Waals surface area contributed by atoms with Gasteiger partial charge in [0.15, 0.2) is 5.16 Å². The fraction of sp³-hybridized carbons (Fsp3) is 0.381. The van der Waals surface area contributed by atoms with E-state index in [1.54, 1.807) is 0 Å². The molecule has 0 spiro atoms. The Hall–Kier alpha value is -2.34. The minimum atomic E-state index is -0.0211. The van der Waals surface area contributed by atoms with E-state index in [2.05, 4.69) is 32.2 Å². The van der Waals surface area contributed by atoms with Crippen molar-refractivity contribution in [2.75, 3.05) is 11.1 Å². The van der Waals surface area contributed by atoms with Crippen molar-refractivity contribution in [1.29, 1.82) is 0 Å². The molecular weight excluding hydrogens is 356 g/mol. The molecule has 4 rings (SSSR count). The van der Waals surface area contributed by atoms with Crippen LogP contribution in [0, 0.1) is 6.92 Å². The fourth-order valence-electron chi connectivity index (χ4n) is 3.86. The number of fused-ring (bicyclic) bond motifs is 1. The summed E-state index contributed by atoms with van der Waals surface area (Å²) in [5, 5.41) is 14.6. The minimum Gasteiger partial charge on any atom is -0.325 e. The molecule has 0 atom stereocenters. The topological polar surface area (TPSA) is 59.8 Å². The van der Waals surface area contributed by atoms with Crippen LogP contribution >= 0.6 is 11.8 Å². The molecule has 27 heavy (non-hydrogen) atoms. The highest BCUT2D eigenvalue weighted by Gasteiger charge is 2.21. The van der Waals surface area contributed by atoms with Gasteiger partial charge in [-0.25, -0.2) is 0 Å². The molecule has 6 heteroatoms. The SMILES string of the molecule is Cc1nnc(SCC(=O)Nc2cccc3ccccc23)n1C1CCCCC1. The highest BCUT2D eigenvalue weighted by Crippen LogP contribution is 2.32. The first-order valence-corrected chi connectivity index (χ1v) is 10.5. The zero-order valence-electron chi connectivity index (χ0n) is 15.5. The number of carbonyl (C=O) groups excluding carboxylic acids is 1. The Labute approximate surface area is 163 Å². The number of anilines is 1. The molecule has 1 aliphatic rings. The van der Waals surface area contributed by atoms with Crippen molar-refractivity contribution in [3.05, 3.63) is 48.3 Å². The van der Waals surface area contributed by atoms with Crippen molar-refractivity contribution < 1.29 is 4.79 Å². The number of hydrogen-bond acceptors (Lipinski definition) is 4. The third-order valence-electron chi connectivity index (χ3n) is 5.17. The van der Waals surface area contributed by atoms with E-state index in [9.17, 15) is 4.79 Å². The fourth-order valence-corrected chi connectivity index (χ4v) is 4.71. The van der Waals surface area contributed by atoms with Crippen LogP contribution in [0.4, 0.5) is 5.69 Å². The summed E-state index contributed by atoms with van der Waals surface area (Å²) in [4.78, 5) is 12.5. The van der Waals surface area contributed by atoms with Gasteiger partial charge < -0.3 is 9.88 Å². The lowest BCUT2D eigenvalue weighted by molar-refractivity contribution is -0.113. The second-order valence-electron chi connectivity index (χ2n) is 7.06. The smallest absolute Gasteiger partial charge is 0.234 e. The molecule has 0 radical (unpaired) electrons. The van der Waals surface area contributed by atoms with Crippen LogP contribution in [-0.4, -0.2) is 26.4 Å². The second kappa shape index (κ2) is 8.13. The summed E-state index contributed by atoms with van der Waals surface area (Å²) in [6.45, 7) is 2.00. The number of thioether (sulfide) groups is 1. The molecule has 1 aliphatic carbocycles. The summed E-state index contributed by atoms with van der Waals surface area (Å²) in [5.74, 6) is 1.25. The summed E-state index contributed by atoms with van der Waals surface area (Å²) in [5.41, 5.74) is 0.851. The summed E-state index contributed by atoms with van der Waals surface area (Å²) < 4.78 is 2.23. The molecule has 1 heterocycles. The van der Waals surface area contributed by atoms with Crippen LogP contribution in [0.2, 0.25) is 0 Å². The van der Waals surface area contributed by atoms with Crippen LogP contribution < -0.4 is 5.32 Å². The number of aromatic nitrogens is 3. The number of nitrogens with zero attached hydrogens (tertiary/aromatic N) is 3. The summed E-state index contributed by atoms with van der Waals surface area (Å²) in [7, 11) is 0. The Morgan fingerprint density at radius 1 is 1.11 bits per heavy atom. The molecule has 1 saturated carbocycles. The number of nitrogens with one attached hydrogen (secondary N) is 1. The van der Waals surface area contributed by atoms with E-state index in [1.807, 2.05) is 37.3 Å². The van der Waals surface area contributed by atoms with Gasteiger partial charge in [0.05, 0.1) is 5.75 Å². The minimum absolute atomic E-state index is 0.0211. The Bertz CT molecular complexity index is 941. The van der Waals surface area contributed by atoms with Crippen molar-refractivity contribution >= 4 is 34.1 Å². The first-order valence-electron chi connectivity index (χ1n) is 9.54. The van der Waals surface area contributed by atoms with Crippen LogP contribution in [0.25, 0.3) is 10.8 Å². The van der Waals surface area contributed by atoms with E-state index in [1.165, 1.54) is 43.9 Å². The third-order valence-corrected chi connectivity index (χ3v) is 6.11. The lowest BCUT2D eigenvalue weighted by Gasteiger charge is -2.24. The van der Waals surface area contributed by atoms with Gasteiger partial charge in [-0.2, -0.15) is 0 Å². The standard InChI is InChI=1S/C21H24N4OS/c1-15-23-24-21(25(15)17-10-3-2-4-11-17)27-14-20(26)22-19-13-7-9-16-8-5-6-12-18(16)19/h5-9,12-13,17H,2-4,10-11,14H2,1H3,(H,22,26). The first kappa shape index (κ1) is 18.0. The zero-order chi connectivity index (χ0) is 18.6. The van der Waals surface area contributed by atoms with E-state index in [-0.39, 0.29) is 5.91 Å². The van der Waals surface area contributed by atoms with Crippen molar-refractivity contribution in [1.82, 2.24) is 14.8 Å². The molecular formula is C21H24N4OS. The molecule has 5 nitrogen and oxygen atoms in total. The van der Waals surface area contributed by atoms with Gasteiger partial charge >= 0.3 is 0 Å². The highest BCUT2D eigenvalue weighted by atomic mass is 32.2. The number of amides is 1. The van der Waals surface area contributed by atoms with Gasteiger partial charge in [0.1, 0.15) is 5.82 Å². The number of hydrogen-bond donors (Lipinski definition) is 1. The van der Waals surface area contributed by atoms with E-state index in [0.29, 0.717) is 11.8 Å². The largest absolute Gasteiger partial charge is 0.325 e. The molecule has 3 aromatic rings. The Morgan fingerprint density at radius 2 is 1.89 bits per heavy atom. The Morgan fingerprint density at radius 3 is 2.74 bits per heavy atom. The first-order chi connectivity index (χ1) is 13.2. The second-order valence-corrected chi connectivity index (χ2v) is 8.00. The Balaban J connectivity index is 1.44. The number of rotatable bonds is 5. The normalized spacial score (nSPS) is 15.1. The van der Waals surface area contributed by atoms with Gasteiger partial charge in [0.2, 0.25) is 5.91 Å². The average Bonchev–Trinajstić information content (AvgIpc) is 3.08. The van der Waals surface area contributed by atoms with Crippen LogP contribution in [0.5, 0.6) is 0 Å². The van der Waals surface area contributed by atoms with Crippen LogP contribution in [0.1, 0.15) is 44.0 Å². The van der Waals surface area contributed by atoms with E-state index < -0.39 is 0 Å². The van der Waals surface area contributed by atoms with Crippen molar-refractivity contribution in [3.8, 4) is 0 Å². The number of aryl methyl sites for hydroxylation is 1. The lowest BCUT2D eigenvalue weighted by atomic mass is 9.95. The molecule has 1 fully saturated rings. The van der Waals surface area contributed by atoms with Crippen LogP contribution in [-0.2, 0) is 4.79 Å². The molecule has 140 valence electrons. The van der Waals surface area contributed by atoms with Crippen molar-refractivity contribution in [3.63, 3.8) is 0 Å². The lowest BCUT2D eigenvalue weighted by Crippen LogP contribution is -2.17. The predicted octanol–water partition coefficient (Wildman–Crippen LogP) is 4.98. The van der Waals surface area contributed by atoms with Gasteiger partial charge in [-0.05, 0) is 31.2 Å². The summed E-state index contributed by atoms with van der Waals surface area (Å²) in [6.07, 6.45) is 6.18. The molecule has 1 amide bonds. The van der Waals surface area contributed by atoms with Crippen molar-refractivity contribution in [2.45, 2.75) is 50.2 Å². The van der Waals surface area contributed by atoms with E-state index >= 15 is 0 Å². The monoisotopic (exact) mass is 380 g/mol. The average molecular weight is 381 g/mol. The quantitative estimate of drug-likeness (QED) is 0.635. The highest BCUT2D eigenvalue weighted by molar-refractivity contribution is 7.99. The van der Waals surface area contributed by atoms with E-state index in [0.717, 1.165) is 27.4 Å². The molecule has 1 N–H and O–H groups in total. The Kier molecular flexibility index (Phi) is 5.43. The molecule has 0 saturated heterocycles. The van der Waals surface area contributed by atoms with Crippen LogP contribution in [0.3, 0.4) is 0 Å². The molecule has 1 aromatic heterocycles. The van der Waals surface area contributed by atoms with Gasteiger partial charge in [-0.1, -0.05) is 67.4 Å². The molecule has 2 aromatic carbocycles. The van der Waals surface area contributed by atoms with Crippen LogP contribution in [0.15, 0.2) is 47.6 Å². The van der Waals surface area contributed by atoms with Gasteiger partial charge in [0.25, 0.3) is 0 Å². The maximum atomic E-state index is 12.5. The number of benzene rings is 2. The van der Waals surface area contributed by atoms with Gasteiger partial charge in [-0.3, -0.25) is 4.79 Å². The van der Waals surface area contributed by atoms with Gasteiger partial charge in [0, 0.05) is 17.1 Å². The van der Waals surface area contributed by atoms with E-state index in [4.69, 9.17) is 0 Å². The molecule has 0 unspecified atom stereocenters. The van der Waals surface area contributed by atoms with Gasteiger partial charge in [-0.15, -0.1) is 10.2 Å². The maximum absolute atomic E-state index is 12.5. The molecule has 0 aliphatic heterocycles. The third kappa shape index (κ3) is 4.00. The predicted molar refractivity (Wildman–Crippen MR) is 110 cm³/mol. The summed E-state index contributed by atoms with van der Waals surface area (Å²) in [6, 6.07) is 14.5. The van der Waals surface area contributed by atoms with Crippen molar-refractivity contribution in [2.24, 2.45) is 0 Å². The zero-order valence-corrected chi connectivity index (χ0v) is 16.3. The number of carbonyl (C=O) groups is 1. The summed E-state index contributed by atoms with van der Waals surface area (Å²) >= 11 is 1.47. The maximum Gasteiger partial charge on any atom is 0.234 e. The molecule has 0 bridgehead atoms.